The van der Waals surface area contributed by atoms with Crippen LogP contribution in [-0.2, 0) is 4.74 Å². The van der Waals surface area contributed by atoms with Crippen LogP contribution in [0.4, 0.5) is 13.2 Å². The van der Waals surface area contributed by atoms with E-state index in [1.165, 1.54) is 0 Å². The van der Waals surface area contributed by atoms with Crippen LogP contribution in [0.5, 0.6) is 0 Å². The summed E-state index contributed by atoms with van der Waals surface area (Å²) in [5.74, 6) is 0. The highest BCUT2D eigenvalue weighted by molar-refractivity contribution is 4.96. The summed E-state index contributed by atoms with van der Waals surface area (Å²) < 4.78 is 39.2. The quantitative estimate of drug-likeness (QED) is 0.655. The fourth-order valence-corrected chi connectivity index (χ4v) is 0.664. The monoisotopic (exact) mass is 197 g/mol. The topological polar surface area (TPSA) is 21.3 Å². The molecule has 2 nitrogen and oxygen atoms in total. The Morgan fingerprint density at radius 3 is 2.54 bits per heavy atom. The number of halogens is 3. The average molecular weight is 197 g/mol. The first kappa shape index (κ1) is 12.4. The largest absolute Gasteiger partial charge is 0.411 e. The van der Waals surface area contributed by atoms with Crippen molar-refractivity contribution in [2.24, 2.45) is 0 Å². The zero-order valence-corrected chi connectivity index (χ0v) is 7.58. The molecule has 13 heavy (non-hydrogen) atoms. The van der Waals surface area contributed by atoms with Gasteiger partial charge in [0.05, 0.1) is 6.61 Å². The van der Waals surface area contributed by atoms with Crippen molar-refractivity contribution in [1.82, 2.24) is 5.32 Å². The van der Waals surface area contributed by atoms with Crippen molar-refractivity contribution in [3.63, 3.8) is 0 Å². The SMILES string of the molecule is C=C(CNCC)COCC(F)(F)F. The lowest BCUT2D eigenvalue weighted by atomic mass is 10.3. The Labute approximate surface area is 75.8 Å². The van der Waals surface area contributed by atoms with E-state index < -0.39 is 12.8 Å². The summed E-state index contributed by atoms with van der Waals surface area (Å²) in [5, 5.41) is 2.93. The molecule has 0 bridgehead atoms. The summed E-state index contributed by atoms with van der Waals surface area (Å²) in [5.41, 5.74) is 0.617. The molecule has 0 atom stereocenters. The van der Waals surface area contributed by atoms with Gasteiger partial charge >= 0.3 is 6.18 Å². The van der Waals surface area contributed by atoms with Crippen LogP contribution >= 0.6 is 0 Å². The fraction of sp³-hybridized carbons (Fsp3) is 0.750. The van der Waals surface area contributed by atoms with E-state index in [1.54, 1.807) is 0 Å². The number of likely N-dealkylation sites (N-methyl/N-ethyl adjacent to an activating group) is 1. The lowest BCUT2D eigenvalue weighted by molar-refractivity contribution is -0.171. The Balaban J connectivity index is 3.37. The van der Waals surface area contributed by atoms with Gasteiger partial charge in [-0.3, -0.25) is 0 Å². The second-order valence-electron chi connectivity index (χ2n) is 2.64. The molecule has 0 fully saturated rings. The summed E-state index contributed by atoms with van der Waals surface area (Å²) in [7, 11) is 0. The molecule has 78 valence electrons. The summed E-state index contributed by atoms with van der Waals surface area (Å²) >= 11 is 0. The van der Waals surface area contributed by atoms with Crippen molar-refractivity contribution in [3.8, 4) is 0 Å². The first-order valence-corrected chi connectivity index (χ1v) is 3.97. The van der Waals surface area contributed by atoms with E-state index in [1.807, 2.05) is 6.92 Å². The number of hydrogen-bond donors (Lipinski definition) is 1. The van der Waals surface area contributed by atoms with E-state index in [0.717, 1.165) is 6.54 Å². The molecule has 0 aromatic carbocycles. The van der Waals surface area contributed by atoms with Gasteiger partial charge in [0.1, 0.15) is 6.61 Å². The maximum Gasteiger partial charge on any atom is 0.411 e. The highest BCUT2D eigenvalue weighted by Crippen LogP contribution is 2.14. The minimum absolute atomic E-state index is 0.0491. The normalized spacial score (nSPS) is 11.7. The predicted molar refractivity (Wildman–Crippen MR) is 44.6 cm³/mol. The molecule has 0 heterocycles. The van der Waals surface area contributed by atoms with Crippen molar-refractivity contribution in [1.29, 1.82) is 0 Å². The zero-order chi connectivity index (χ0) is 10.3. The summed E-state index contributed by atoms with van der Waals surface area (Å²) in [4.78, 5) is 0. The molecule has 0 radical (unpaired) electrons. The van der Waals surface area contributed by atoms with Gasteiger partial charge in [-0.25, -0.2) is 0 Å². The van der Waals surface area contributed by atoms with Gasteiger partial charge < -0.3 is 10.1 Å². The number of alkyl halides is 3. The van der Waals surface area contributed by atoms with Crippen LogP contribution in [0.3, 0.4) is 0 Å². The van der Waals surface area contributed by atoms with Crippen molar-refractivity contribution in [2.45, 2.75) is 13.1 Å². The zero-order valence-electron chi connectivity index (χ0n) is 7.58. The highest BCUT2D eigenvalue weighted by Gasteiger charge is 2.27. The third kappa shape index (κ3) is 9.36. The molecule has 0 aliphatic heterocycles. The lowest BCUT2D eigenvalue weighted by Gasteiger charge is -2.09. The highest BCUT2D eigenvalue weighted by atomic mass is 19.4. The Morgan fingerprint density at radius 1 is 1.46 bits per heavy atom. The van der Waals surface area contributed by atoms with Crippen LogP contribution in [0.2, 0.25) is 0 Å². The van der Waals surface area contributed by atoms with Crippen molar-refractivity contribution in [2.75, 3.05) is 26.3 Å². The van der Waals surface area contributed by atoms with E-state index in [2.05, 4.69) is 16.6 Å². The molecule has 0 aliphatic rings. The van der Waals surface area contributed by atoms with Crippen LogP contribution in [0.25, 0.3) is 0 Å². The van der Waals surface area contributed by atoms with Crippen LogP contribution < -0.4 is 5.32 Å². The Hall–Kier alpha value is -0.550. The third-order valence-electron chi connectivity index (χ3n) is 1.20. The molecule has 0 unspecified atom stereocenters. The van der Waals surface area contributed by atoms with Crippen LogP contribution in [-0.4, -0.2) is 32.5 Å². The molecule has 0 aromatic heterocycles. The first-order chi connectivity index (χ1) is 5.95. The number of ether oxygens (including phenoxy) is 1. The Kier molecular flexibility index (Phi) is 5.73. The van der Waals surface area contributed by atoms with Crippen molar-refractivity contribution in [3.05, 3.63) is 12.2 Å². The van der Waals surface area contributed by atoms with Crippen LogP contribution in [0.1, 0.15) is 6.92 Å². The van der Waals surface area contributed by atoms with Crippen LogP contribution in [0.15, 0.2) is 12.2 Å². The van der Waals surface area contributed by atoms with Gasteiger partial charge in [0.2, 0.25) is 0 Å². The van der Waals surface area contributed by atoms with Gasteiger partial charge in [0.15, 0.2) is 0 Å². The number of nitrogens with one attached hydrogen (secondary N) is 1. The standard InChI is InChI=1S/C8H14F3NO/c1-3-12-4-7(2)5-13-6-8(9,10)11/h12H,2-6H2,1H3. The molecule has 0 saturated carbocycles. The van der Waals surface area contributed by atoms with Crippen LogP contribution in [0, 0.1) is 0 Å². The second kappa shape index (κ2) is 5.99. The lowest BCUT2D eigenvalue weighted by Crippen LogP contribution is -2.21. The molecular weight excluding hydrogens is 183 g/mol. The van der Waals surface area contributed by atoms with E-state index in [-0.39, 0.29) is 6.61 Å². The summed E-state index contributed by atoms with van der Waals surface area (Å²) in [6.45, 7) is 5.46. The molecule has 1 N–H and O–H groups in total. The predicted octanol–water partition coefficient (Wildman–Crippen LogP) is 1.73. The molecular formula is C8H14F3NO. The van der Waals surface area contributed by atoms with E-state index in [0.29, 0.717) is 12.1 Å². The van der Waals surface area contributed by atoms with Gasteiger partial charge in [0.25, 0.3) is 0 Å². The molecule has 0 rings (SSSR count). The molecule has 0 spiro atoms. The van der Waals surface area contributed by atoms with Crippen molar-refractivity contribution < 1.29 is 17.9 Å². The molecule has 0 aromatic rings. The minimum Gasteiger partial charge on any atom is -0.368 e. The fourth-order valence-electron chi connectivity index (χ4n) is 0.664. The van der Waals surface area contributed by atoms with Gasteiger partial charge in [-0.15, -0.1) is 0 Å². The van der Waals surface area contributed by atoms with Gasteiger partial charge in [-0.05, 0) is 12.1 Å². The minimum atomic E-state index is -4.25. The average Bonchev–Trinajstić information content (AvgIpc) is 1.98. The number of rotatable bonds is 6. The Bertz CT molecular complexity index is 156. The summed E-state index contributed by atoms with van der Waals surface area (Å²) in [6.07, 6.45) is -4.25. The smallest absolute Gasteiger partial charge is 0.368 e. The molecule has 5 heteroatoms. The second-order valence-corrected chi connectivity index (χ2v) is 2.64. The van der Waals surface area contributed by atoms with Crippen molar-refractivity contribution >= 4 is 0 Å². The van der Waals surface area contributed by atoms with E-state index in [9.17, 15) is 13.2 Å². The molecule has 0 aliphatic carbocycles. The van der Waals surface area contributed by atoms with E-state index >= 15 is 0 Å². The van der Waals surface area contributed by atoms with Gasteiger partial charge in [-0.2, -0.15) is 13.2 Å². The molecule has 0 saturated heterocycles. The van der Waals surface area contributed by atoms with E-state index in [4.69, 9.17) is 0 Å². The van der Waals surface area contributed by atoms with Gasteiger partial charge in [-0.1, -0.05) is 13.5 Å². The molecule has 0 amide bonds. The van der Waals surface area contributed by atoms with Gasteiger partial charge in [0, 0.05) is 6.54 Å². The maximum absolute atomic E-state index is 11.6. The maximum atomic E-state index is 11.6. The first-order valence-electron chi connectivity index (χ1n) is 3.97. The number of hydrogen-bond acceptors (Lipinski definition) is 2. The summed E-state index contributed by atoms with van der Waals surface area (Å²) in [6, 6.07) is 0. The third-order valence-corrected chi connectivity index (χ3v) is 1.20. The Morgan fingerprint density at radius 2 is 2.08 bits per heavy atom.